The van der Waals surface area contributed by atoms with Crippen LogP contribution in [0.25, 0.3) is 17.0 Å². The number of aryl methyl sites for hydroxylation is 1. The van der Waals surface area contributed by atoms with Crippen molar-refractivity contribution in [2.75, 3.05) is 6.79 Å². The second-order valence-electron chi connectivity index (χ2n) is 4.98. The van der Waals surface area contributed by atoms with Gasteiger partial charge in [0.2, 0.25) is 0 Å². The lowest BCUT2D eigenvalue weighted by molar-refractivity contribution is 0.00589. The Labute approximate surface area is 129 Å². The highest BCUT2D eigenvalue weighted by Crippen LogP contribution is 2.28. The number of hydrogen-bond donors (Lipinski definition) is 0. The first-order chi connectivity index (χ1) is 10.8. The van der Waals surface area contributed by atoms with E-state index in [0.29, 0.717) is 6.61 Å². The number of nitrogens with zero attached hydrogens (tertiary/aromatic N) is 2. The molecule has 0 aliphatic heterocycles. The number of ether oxygens (including phenoxy) is 2. The van der Waals surface area contributed by atoms with E-state index in [-0.39, 0.29) is 6.79 Å². The third-order valence-electron chi connectivity index (χ3n) is 3.52. The smallest absolute Gasteiger partial charge is 0.189 e. The summed E-state index contributed by atoms with van der Waals surface area (Å²) in [4.78, 5) is 0. The highest BCUT2D eigenvalue weighted by atomic mass is 16.7. The summed E-state index contributed by atoms with van der Waals surface area (Å²) >= 11 is 0. The summed E-state index contributed by atoms with van der Waals surface area (Å²) in [6.45, 7) is 4.56. The second-order valence-corrected chi connectivity index (χ2v) is 4.98. The first-order valence-electron chi connectivity index (χ1n) is 7.11. The van der Waals surface area contributed by atoms with Crippen molar-refractivity contribution in [1.82, 2.24) is 9.78 Å². The molecule has 0 aliphatic rings. The predicted octanol–water partition coefficient (Wildman–Crippen LogP) is 3.77. The lowest BCUT2D eigenvalue weighted by Gasteiger charge is -2.09. The van der Waals surface area contributed by atoms with Gasteiger partial charge in [-0.3, -0.25) is 4.68 Å². The van der Waals surface area contributed by atoms with E-state index in [4.69, 9.17) is 9.47 Å². The first-order valence-corrected chi connectivity index (χ1v) is 7.11. The van der Waals surface area contributed by atoms with Crippen LogP contribution in [-0.2, 0) is 18.4 Å². The van der Waals surface area contributed by atoms with Crippen molar-refractivity contribution in [3.05, 3.63) is 66.4 Å². The number of fused-ring (bicyclic) bond motifs is 1. The summed E-state index contributed by atoms with van der Waals surface area (Å²) in [5, 5.41) is 5.25. The van der Waals surface area contributed by atoms with Crippen molar-refractivity contribution in [1.29, 1.82) is 0 Å². The van der Waals surface area contributed by atoms with Gasteiger partial charge in [-0.15, -0.1) is 0 Å². The van der Waals surface area contributed by atoms with Gasteiger partial charge in [0.15, 0.2) is 6.79 Å². The zero-order chi connectivity index (χ0) is 15.4. The van der Waals surface area contributed by atoms with E-state index in [1.54, 1.807) is 6.20 Å². The molecule has 112 valence electrons. The van der Waals surface area contributed by atoms with Crippen LogP contribution >= 0.6 is 0 Å². The Morgan fingerprint density at radius 1 is 1.18 bits per heavy atom. The van der Waals surface area contributed by atoms with Crippen LogP contribution in [0, 0.1) is 0 Å². The lowest BCUT2D eigenvalue weighted by atomic mass is 10.1. The Morgan fingerprint density at radius 3 is 2.77 bits per heavy atom. The number of hydrogen-bond acceptors (Lipinski definition) is 3. The maximum atomic E-state index is 5.74. The molecule has 0 amide bonds. The fraction of sp³-hybridized carbons (Fsp3) is 0.167. The molecule has 0 atom stereocenters. The molecule has 2 aromatic carbocycles. The molecule has 0 spiro atoms. The van der Waals surface area contributed by atoms with Gasteiger partial charge < -0.3 is 9.47 Å². The van der Waals surface area contributed by atoms with Gasteiger partial charge in [-0.25, -0.2) is 0 Å². The zero-order valence-corrected chi connectivity index (χ0v) is 12.5. The molecule has 1 aromatic heterocycles. The average Bonchev–Trinajstić information content (AvgIpc) is 2.95. The maximum absolute atomic E-state index is 5.74. The Morgan fingerprint density at radius 2 is 2.00 bits per heavy atom. The van der Waals surface area contributed by atoms with E-state index in [1.807, 2.05) is 60.3 Å². The predicted molar refractivity (Wildman–Crippen MR) is 87.5 cm³/mol. The van der Waals surface area contributed by atoms with Crippen LogP contribution in [0.4, 0.5) is 0 Å². The molecule has 0 saturated carbocycles. The van der Waals surface area contributed by atoms with Crippen molar-refractivity contribution in [3.8, 4) is 5.75 Å². The van der Waals surface area contributed by atoms with Gasteiger partial charge in [-0.05, 0) is 17.7 Å². The van der Waals surface area contributed by atoms with Crippen molar-refractivity contribution < 1.29 is 9.47 Å². The molecule has 1 heterocycles. The van der Waals surface area contributed by atoms with E-state index < -0.39 is 0 Å². The molecular weight excluding hydrogens is 276 g/mol. The van der Waals surface area contributed by atoms with Crippen LogP contribution in [0.3, 0.4) is 0 Å². The monoisotopic (exact) mass is 294 g/mol. The standard InChI is InChI=1S/C18H18N2O2/c1-3-15-9-10-17(16-11-19-20(2)18(15)16)22-13-21-12-14-7-5-4-6-8-14/h3-11H,1,12-13H2,2H3. The van der Waals surface area contributed by atoms with Gasteiger partial charge in [0.25, 0.3) is 0 Å². The molecule has 0 aliphatic carbocycles. The van der Waals surface area contributed by atoms with Gasteiger partial charge >= 0.3 is 0 Å². The third-order valence-corrected chi connectivity index (χ3v) is 3.52. The first kappa shape index (κ1) is 14.4. The normalized spacial score (nSPS) is 10.8. The molecule has 0 saturated heterocycles. The minimum Gasteiger partial charge on any atom is -0.467 e. The largest absolute Gasteiger partial charge is 0.467 e. The molecule has 0 fully saturated rings. The summed E-state index contributed by atoms with van der Waals surface area (Å²) < 4.78 is 13.1. The zero-order valence-electron chi connectivity index (χ0n) is 12.5. The highest BCUT2D eigenvalue weighted by molar-refractivity contribution is 5.91. The van der Waals surface area contributed by atoms with E-state index in [2.05, 4.69) is 11.7 Å². The number of benzene rings is 2. The van der Waals surface area contributed by atoms with Crippen LogP contribution in [0.1, 0.15) is 11.1 Å². The maximum Gasteiger partial charge on any atom is 0.189 e. The summed E-state index contributed by atoms with van der Waals surface area (Å²) in [6.07, 6.45) is 3.62. The summed E-state index contributed by atoms with van der Waals surface area (Å²) in [7, 11) is 1.91. The SMILES string of the molecule is C=Cc1ccc(OCOCc2ccccc2)c2cnn(C)c12. The molecule has 4 nitrogen and oxygen atoms in total. The quantitative estimate of drug-likeness (QED) is 0.513. The van der Waals surface area contributed by atoms with E-state index in [1.165, 1.54) is 0 Å². The van der Waals surface area contributed by atoms with Gasteiger partial charge in [-0.1, -0.05) is 43.0 Å². The van der Waals surface area contributed by atoms with E-state index in [9.17, 15) is 0 Å². The van der Waals surface area contributed by atoms with Gasteiger partial charge in [0, 0.05) is 12.6 Å². The lowest BCUT2D eigenvalue weighted by Crippen LogP contribution is -2.03. The Balaban J connectivity index is 1.68. The summed E-state index contributed by atoms with van der Waals surface area (Å²) in [5.74, 6) is 0.766. The molecule has 3 rings (SSSR count). The Bertz CT molecular complexity index is 778. The molecule has 22 heavy (non-hydrogen) atoms. The molecule has 3 aromatic rings. The van der Waals surface area contributed by atoms with Gasteiger partial charge in [-0.2, -0.15) is 5.10 Å². The highest BCUT2D eigenvalue weighted by Gasteiger charge is 2.09. The fourth-order valence-corrected chi connectivity index (χ4v) is 2.42. The van der Waals surface area contributed by atoms with E-state index in [0.717, 1.165) is 27.8 Å². The van der Waals surface area contributed by atoms with Crippen LogP contribution in [0.2, 0.25) is 0 Å². The van der Waals surface area contributed by atoms with Crippen molar-refractivity contribution >= 4 is 17.0 Å². The van der Waals surface area contributed by atoms with E-state index >= 15 is 0 Å². The van der Waals surface area contributed by atoms with Crippen LogP contribution in [0.15, 0.2) is 55.2 Å². The van der Waals surface area contributed by atoms with Crippen LogP contribution < -0.4 is 4.74 Å². The molecule has 0 bridgehead atoms. The molecule has 0 unspecified atom stereocenters. The molecule has 0 N–H and O–H groups in total. The number of rotatable bonds is 6. The van der Waals surface area contributed by atoms with Gasteiger partial charge in [0.1, 0.15) is 5.75 Å². The van der Waals surface area contributed by atoms with Crippen LogP contribution in [0.5, 0.6) is 5.75 Å². The fourth-order valence-electron chi connectivity index (χ4n) is 2.42. The van der Waals surface area contributed by atoms with Crippen molar-refractivity contribution in [3.63, 3.8) is 0 Å². The molecule has 4 heteroatoms. The average molecular weight is 294 g/mol. The Kier molecular flexibility index (Phi) is 4.21. The van der Waals surface area contributed by atoms with Crippen molar-refractivity contribution in [2.24, 2.45) is 7.05 Å². The Hall–Kier alpha value is -2.59. The minimum absolute atomic E-state index is 0.201. The third kappa shape index (κ3) is 2.87. The molecular formula is C18H18N2O2. The van der Waals surface area contributed by atoms with Crippen LogP contribution in [-0.4, -0.2) is 16.6 Å². The van der Waals surface area contributed by atoms with Gasteiger partial charge in [0.05, 0.1) is 23.7 Å². The summed E-state index contributed by atoms with van der Waals surface area (Å²) in [6, 6.07) is 13.9. The summed E-state index contributed by atoms with van der Waals surface area (Å²) in [5.41, 5.74) is 3.17. The number of aromatic nitrogens is 2. The second kappa shape index (κ2) is 6.45. The molecule has 0 radical (unpaired) electrons. The van der Waals surface area contributed by atoms with Crippen molar-refractivity contribution in [2.45, 2.75) is 6.61 Å². The minimum atomic E-state index is 0.201. The topological polar surface area (TPSA) is 36.3 Å².